The molecule has 0 saturated carbocycles. The van der Waals surface area contributed by atoms with E-state index >= 15 is 0 Å². The van der Waals surface area contributed by atoms with E-state index in [2.05, 4.69) is 15.3 Å². The number of carbonyl (C=O) groups excluding carboxylic acids is 1. The van der Waals surface area contributed by atoms with Crippen molar-refractivity contribution in [2.75, 3.05) is 6.61 Å². The number of nitrogens with zero attached hydrogens (tertiary/aromatic N) is 2. The molecule has 18 heavy (non-hydrogen) atoms. The molecule has 0 saturated heterocycles. The molecule has 0 fully saturated rings. The third-order valence-electron chi connectivity index (χ3n) is 2.15. The van der Waals surface area contributed by atoms with E-state index in [0.29, 0.717) is 13.2 Å². The second kappa shape index (κ2) is 6.11. The molecule has 1 N–H and O–H groups in total. The first kappa shape index (κ1) is 12.5. The molecular formula is C12H13N3O2S. The standard InChI is InChI=1S/C12H13N3O2S/c1-2-17-12(16)14-7-10-8-18-11(15-10)9-4-3-5-13-6-9/h3-6,8H,2,7H2,1H3,(H,14,16). The van der Waals surface area contributed by atoms with Crippen LogP contribution in [-0.2, 0) is 11.3 Å². The van der Waals surface area contributed by atoms with Gasteiger partial charge in [-0.25, -0.2) is 9.78 Å². The lowest BCUT2D eigenvalue weighted by Gasteiger charge is -2.02. The smallest absolute Gasteiger partial charge is 0.407 e. The molecule has 0 atom stereocenters. The Labute approximate surface area is 109 Å². The lowest BCUT2D eigenvalue weighted by molar-refractivity contribution is 0.151. The van der Waals surface area contributed by atoms with Gasteiger partial charge in [-0.2, -0.15) is 0 Å². The number of ether oxygens (including phenoxy) is 1. The zero-order chi connectivity index (χ0) is 12.8. The van der Waals surface area contributed by atoms with Crippen molar-refractivity contribution in [1.29, 1.82) is 0 Å². The molecular weight excluding hydrogens is 250 g/mol. The van der Waals surface area contributed by atoms with Crippen LogP contribution in [-0.4, -0.2) is 22.7 Å². The van der Waals surface area contributed by atoms with E-state index in [1.54, 1.807) is 19.3 Å². The van der Waals surface area contributed by atoms with Gasteiger partial charge >= 0.3 is 6.09 Å². The fourth-order valence-corrected chi connectivity index (χ4v) is 2.17. The summed E-state index contributed by atoms with van der Waals surface area (Å²) in [5, 5.41) is 5.44. The van der Waals surface area contributed by atoms with Crippen LogP contribution in [0, 0.1) is 0 Å². The van der Waals surface area contributed by atoms with Crippen LogP contribution in [0.25, 0.3) is 10.6 Å². The van der Waals surface area contributed by atoms with Crippen LogP contribution in [0.2, 0.25) is 0 Å². The topological polar surface area (TPSA) is 64.1 Å². The van der Waals surface area contributed by atoms with Crippen LogP contribution in [0.1, 0.15) is 12.6 Å². The highest BCUT2D eigenvalue weighted by molar-refractivity contribution is 7.13. The summed E-state index contributed by atoms with van der Waals surface area (Å²) >= 11 is 1.52. The summed E-state index contributed by atoms with van der Waals surface area (Å²) in [4.78, 5) is 19.6. The summed E-state index contributed by atoms with van der Waals surface area (Å²) in [5.74, 6) is 0. The first-order valence-electron chi connectivity index (χ1n) is 5.55. The number of rotatable bonds is 4. The Hall–Kier alpha value is -1.95. The van der Waals surface area contributed by atoms with E-state index in [-0.39, 0.29) is 0 Å². The van der Waals surface area contributed by atoms with Crippen LogP contribution in [0.4, 0.5) is 4.79 Å². The van der Waals surface area contributed by atoms with Gasteiger partial charge in [0.1, 0.15) is 5.01 Å². The van der Waals surface area contributed by atoms with Crippen molar-refractivity contribution in [2.24, 2.45) is 0 Å². The number of hydrogen-bond acceptors (Lipinski definition) is 5. The van der Waals surface area contributed by atoms with Crippen molar-refractivity contribution in [3.8, 4) is 10.6 Å². The number of nitrogens with one attached hydrogen (secondary N) is 1. The maximum absolute atomic E-state index is 11.1. The molecule has 2 aromatic rings. The minimum Gasteiger partial charge on any atom is -0.450 e. The van der Waals surface area contributed by atoms with Crippen LogP contribution in [0.3, 0.4) is 0 Å². The minimum atomic E-state index is -0.423. The molecule has 0 aliphatic carbocycles. The second-order valence-electron chi connectivity index (χ2n) is 3.46. The van der Waals surface area contributed by atoms with E-state index in [1.165, 1.54) is 11.3 Å². The number of alkyl carbamates (subject to hydrolysis) is 1. The summed E-state index contributed by atoms with van der Waals surface area (Å²) in [7, 11) is 0. The van der Waals surface area contributed by atoms with Gasteiger partial charge in [0.15, 0.2) is 0 Å². The van der Waals surface area contributed by atoms with E-state index in [4.69, 9.17) is 4.74 Å². The molecule has 5 nitrogen and oxygen atoms in total. The van der Waals surface area contributed by atoms with Gasteiger partial charge in [0.05, 0.1) is 18.8 Å². The molecule has 2 aromatic heterocycles. The number of pyridine rings is 1. The third kappa shape index (κ3) is 3.27. The summed E-state index contributed by atoms with van der Waals surface area (Å²) in [5.41, 5.74) is 1.79. The maximum Gasteiger partial charge on any atom is 0.407 e. The monoisotopic (exact) mass is 263 g/mol. The highest BCUT2D eigenvalue weighted by Crippen LogP contribution is 2.22. The van der Waals surface area contributed by atoms with Gasteiger partial charge in [-0.1, -0.05) is 0 Å². The van der Waals surface area contributed by atoms with Crippen LogP contribution in [0.5, 0.6) is 0 Å². The van der Waals surface area contributed by atoms with E-state index in [1.807, 2.05) is 17.5 Å². The summed E-state index contributed by atoms with van der Waals surface area (Å²) in [6.07, 6.45) is 3.07. The van der Waals surface area contributed by atoms with Gasteiger partial charge in [-0.05, 0) is 19.1 Å². The number of carbonyl (C=O) groups is 1. The molecule has 1 amide bonds. The molecule has 0 aliphatic rings. The zero-order valence-corrected chi connectivity index (χ0v) is 10.7. The quantitative estimate of drug-likeness (QED) is 0.920. The summed E-state index contributed by atoms with van der Waals surface area (Å²) in [6, 6.07) is 3.82. The van der Waals surface area contributed by atoms with Crippen LogP contribution >= 0.6 is 11.3 Å². The van der Waals surface area contributed by atoms with Gasteiger partial charge in [-0.15, -0.1) is 11.3 Å². The van der Waals surface area contributed by atoms with E-state index in [0.717, 1.165) is 16.3 Å². The average molecular weight is 263 g/mol. The lowest BCUT2D eigenvalue weighted by atomic mass is 10.3. The van der Waals surface area contributed by atoms with Crippen molar-refractivity contribution in [1.82, 2.24) is 15.3 Å². The molecule has 2 rings (SSSR count). The molecule has 94 valence electrons. The van der Waals surface area contributed by atoms with E-state index < -0.39 is 6.09 Å². The maximum atomic E-state index is 11.1. The van der Waals surface area contributed by atoms with Crippen molar-refractivity contribution in [2.45, 2.75) is 13.5 Å². The lowest BCUT2D eigenvalue weighted by Crippen LogP contribution is -2.23. The van der Waals surface area contributed by atoms with Gasteiger partial charge in [0.2, 0.25) is 0 Å². The second-order valence-corrected chi connectivity index (χ2v) is 4.32. The fraction of sp³-hybridized carbons (Fsp3) is 0.250. The first-order chi connectivity index (χ1) is 8.79. The molecule has 0 spiro atoms. The van der Waals surface area contributed by atoms with Gasteiger partial charge in [0.25, 0.3) is 0 Å². The van der Waals surface area contributed by atoms with Crippen LogP contribution < -0.4 is 5.32 Å². The molecule has 0 radical (unpaired) electrons. The van der Waals surface area contributed by atoms with Crippen molar-refractivity contribution in [3.63, 3.8) is 0 Å². The third-order valence-corrected chi connectivity index (χ3v) is 3.09. The zero-order valence-electron chi connectivity index (χ0n) is 9.92. The van der Waals surface area contributed by atoms with Crippen molar-refractivity contribution < 1.29 is 9.53 Å². The average Bonchev–Trinajstić information content (AvgIpc) is 2.87. The van der Waals surface area contributed by atoms with Gasteiger partial charge < -0.3 is 10.1 Å². The van der Waals surface area contributed by atoms with Gasteiger partial charge in [-0.3, -0.25) is 4.98 Å². The summed E-state index contributed by atoms with van der Waals surface area (Å²) in [6.45, 7) is 2.50. The molecule has 0 unspecified atom stereocenters. The summed E-state index contributed by atoms with van der Waals surface area (Å²) < 4.78 is 4.77. The van der Waals surface area contributed by atoms with Crippen molar-refractivity contribution in [3.05, 3.63) is 35.6 Å². The predicted octanol–water partition coefficient (Wildman–Crippen LogP) is 2.45. The van der Waals surface area contributed by atoms with Crippen LogP contribution in [0.15, 0.2) is 29.9 Å². The Morgan fingerprint density at radius 3 is 3.17 bits per heavy atom. The predicted molar refractivity (Wildman–Crippen MR) is 69.2 cm³/mol. The number of aromatic nitrogens is 2. The number of thiazole rings is 1. The largest absolute Gasteiger partial charge is 0.450 e. The fourth-order valence-electron chi connectivity index (χ4n) is 1.35. The Morgan fingerprint density at radius 1 is 1.56 bits per heavy atom. The Bertz CT molecular complexity index is 513. The number of hydrogen-bond donors (Lipinski definition) is 1. The van der Waals surface area contributed by atoms with Crippen molar-refractivity contribution >= 4 is 17.4 Å². The minimum absolute atomic E-state index is 0.365. The number of amides is 1. The Morgan fingerprint density at radius 2 is 2.44 bits per heavy atom. The molecule has 0 aliphatic heterocycles. The Kier molecular flexibility index (Phi) is 4.25. The van der Waals surface area contributed by atoms with E-state index in [9.17, 15) is 4.79 Å². The molecule has 2 heterocycles. The SMILES string of the molecule is CCOC(=O)NCc1csc(-c2cccnc2)n1. The highest BCUT2D eigenvalue weighted by atomic mass is 32.1. The van der Waals surface area contributed by atoms with Gasteiger partial charge in [0, 0.05) is 23.3 Å². The Balaban J connectivity index is 1.97. The highest BCUT2D eigenvalue weighted by Gasteiger charge is 2.06. The first-order valence-corrected chi connectivity index (χ1v) is 6.43. The molecule has 0 aromatic carbocycles. The molecule has 6 heteroatoms. The molecule has 0 bridgehead atoms. The normalized spacial score (nSPS) is 10.1.